The molecule has 39 heavy (non-hydrogen) atoms. The molecule has 2 fully saturated rings. The Morgan fingerprint density at radius 2 is 1.90 bits per heavy atom. The summed E-state index contributed by atoms with van der Waals surface area (Å²) in [7, 11) is 3.26. The Kier molecular flexibility index (Phi) is 8.78. The third kappa shape index (κ3) is 6.42. The van der Waals surface area contributed by atoms with Crippen LogP contribution in [0.3, 0.4) is 0 Å². The number of anilines is 1. The SMILES string of the molecule is CO/C(N)=C(/CC1CCC1)CN1CCN(C(=O)c2ccc(NSc3cccc4cccnc34)c(OC)c2)CC1. The van der Waals surface area contributed by atoms with Crippen LogP contribution in [0.25, 0.3) is 10.9 Å². The summed E-state index contributed by atoms with van der Waals surface area (Å²) in [4.78, 5) is 23.2. The third-order valence-corrected chi connectivity index (χ3v) is 8.59. The topological polar surface area (TPSA) is 93.0 Å². The van der Waals surface area contributed by atoms with Gasteiger partial charge in [0.1, 0.15) is 5.75 Å². The van der Waals surface area contributed by atoms with Crippen molar-refractivity contribution >= 4 is 34.4 Å². The number of carbonyl (C=O) groups excluding carboxylic acids is 1. The largest absolute Gasteiger partial charge is 0.495 e. The monoisotopic (exact) mass is 547 g/mol. The molecule has 9 heteroatoms. The number of carbonyl (C=O) groups is 1. The van der Waals surface area contributed by atoms with Gasteiger partial charge in [-0.05, 0) is 54.6 Å². The summed E-state index contributed by atoms with van der Waals surface area (Å²) in [5, 5.41) is 1.09. The van der Waals surface area contributed by atoms with E-state index in [2.05, 4.69) is 14.6 Å². The zero-order valence-electron chi connectivity index (χ0n) is 22.7. The summed E-state index contributed by atoms with van der Waals surface area (Å²) in [6.07, 6.45) is 6.68. The summed E-state index contributed by atoms with van der Waals surface area (Å²) >= 11 is 1.48. The average molecular weight is 548 g/mol. The maximum Gasteiger partial charge on any atom is 0.254 e. The number of rotatable bonds is 10. The van der Waals surface area contributed by atoms with Crippen LogP contribution < -0.4 is 15.2 Å². The van der Waals surface area contributed by atoms with Crippen LogP contribution in [0.5, 0.6) is 5.75 Å². The molecule has 0 atom stereocenters. The minimum atomic E-state index is 0.0204. The lowest BCUT2D eigenvalue weighted by molar-refractivity contribution is 0.0643. The second-order valence-electron chi connectivity index (χ2n) is 10.2. The van der Waals surface area contributed by atoms with Gasteiger partial charge in [0.25, 0.3) is 5.91 Å². The first kappa shape index (κ1) is 27.1. The van der Waals surface area contributed by atoms with E-state index in [0.29, 0.717) is 30.3 Å². The molecular formula is C30H37N5O3S. The van der Waals surface area contributed by atoms with Gasteiger partial charge in [-0.2, -0.15) is 0 Å². The number of ether oxygens (including phenoxy) is 2. The molecule has 2 heterocycles. The molecule has 0 spiro atoms. The van der Waals surface area contributed by atoms with Crippen molar-refractivity contribution in [3.63, 3.8) is 0 Å². The molecular weight excluding hydrogens is 510 g/mol. The van der Waals surface area contributed by atoms with E-state index in [4.69, 9.17) is 15.2 Å². The zero-order chi connectivity index (χ0) is 27.2. The molecule has 3 aromatic rings. The highest BCUT2D eigenvalue weighted by Crippen LogP contribution is 2.34. The first-order chi connectivity index (χ1) is 19.1. The predicted molar refractivity (Wildman–Crippen MR) is 157 cm³/mol. The molecule has 0 bridgehead atoms. The van der Waals surface area contributed by atoms with E-state index < -0.39 is 0 Å². The van der Waals surface area contributed by atoms with Crippen molar-refractivity contribution in [3.8, 4) is 5.75 Å². The van der Waals surface area contributed by atoms with Crippen LogP contribution >= 0.6 is 11.9 Å². The van der Waals surface area contributed by atoms with Crippen LogP contribution in [0.4, 0.5) is 5.69 Å². The smallest absolute Gasteiger partial charge is 0.254 e. The number of nitrogens with two attached hydrogens (primary N) is 1. The lowest BCUT2D eigenvalue weighted by Crippen LogP contribution is -2.49. The van der Waals surface area contributed by atoms with Gasteiger partial charge in [0.05, 0.1) is 30.3 Å². The quantitative estimate of drug-likeness (QED) is 0.267. The van der Waals surface area contributed by atoms with Gasteiger partial charge in [-0.3, -0.25) is 14.7 Å². The van der Waals surface area contributed by atoms with Crippen molar-refractivity contribution in [3.05, 3.63) is 71.7 Å². The Morgan fingerprint density at radius 3 is 2.62 bits per heavy atom. The Balaban J connectivity index is 1.19. The molecule has 8 nitrogen and oxygen atoms in total. The van der Waals surface area contributed by atoms with Gasteiger partial charge < -0.3 is 24.8 Å². The maximum atomic E-state index is 13.3. The van der Waals surface area contributed by atoms with Crippen LogP contribution in [0.15, 0.2) is 71.1 Å². The number of piperazine rings is 1. The molecule has 1 saturated carbocycles. The molecule has 0 unspecified atom stereocenters. The number of nitrogens with zero attached hydrogens (tertiary/aromatic N) is 3. The number of hydrogen-bond donors (Lipinski definition) is 2. The van der Waals surface area contributed by atoms with E-state index in [1.165, 1.54) is 36.8 Å². The number of aromatic nitrogens is 1. The number of pyridine rings is 1. The zero-order valence-corrected chi connectivity index (χ0v) is 23.5. The van der Waals surface area contributed by atoms with E-state index in [-0.39, 0.29) is 5.91 Å². The molecule has 1 aliphatic heterocycles. The molecule has 5 rings (SSSR count). The summed E-state index contributed by atoms with van der Waals surface area (Å²) in [6.45, 7) is 3.77. The summed E-state index contributed by atoms with van der Waals surface area (Å²) in [6, 6.07) is 15.7. The number of amides is 1. The van der Waals surface area contributed by atoms with E-state index in [1.54, 1.807) is 20.4 Å². The number of benzene rings is 2. The lowest BCUT2D eigenvalue weighted by atomic mass is 9.80. The molecule has 2 aliphatic rings. The van der Waals surface area contributed by atoms with Crippen LogP contribution in [0.1, 0.15) is 36.0 Å². The van der Waals surface area contributed by atoms with E-state index >= 15 is 0 Å². The predicted octanol–water partition coefficient (Wildman–Crippen LogP) is 5.13. The van der Waals surface area contributed by atoms with Gasteiger partial charge in [-0.25, -0.2) is 0 Å². The summed E-state index contributed by atoms with van der Waals surface area (Å²) in [5.74, 6) is 1.93. The highest BCUT2D eigenvalue weighted by molar-refractivity contribution is 8.00. The van der Waals surface area contributed by atoms with Gasteiger partial charge >= 0.3 is 0 Å². The Morgan fingerprint density at radius 1 is 1.10 bits per heavy atom. The summed E-state index contributed by atoms with van der Waals surface area (Å²) in [5.41, 5.74) is 9.73. The molecule has 1 saturated heterocycles. The second-order valence-corrected chi connectivity index (χ2v) is 11.0. The van der Waals surface area contributed by atoms with Gasteiger partial charge in [0.2, 0.25) is 0 Å². The van der Waals surface area contributed by atoms with Gasteiger partial charge in [-0.15, -0.1) is 0 Å². The number of methoxy groups -OCH3 is 2. The third-order valence-electron chi connectivity index (χ3n) is 7.72. The Hall–Kier alpha value is -3.43. The standard InChI is InChI=1S/C30H37N5O3S/c1-37-26-19-23(11-12-25(26)33-39-27-10-4-8-22-9-5-13-32-28(22)27)30(36)35-16-14-34(15-17-35)20-24(29(31)38-2)18-21-6-3-7-21/h4-5,8-13,19,21,33H,3,6-7,14-18,20,31H2,1-2H3/b29-24-. The van der Waals surface area contributed by atoms with Crippen molar-refractivity contribution in [2.75, 3.05) is 51.7 Å². The first-order valence-corrected chi connectivity index (χ1v) is 14.3. The number of fused-ring (bicyclic) bond motifs is 1. The molecule has 1 amide bonds. The number of nitrogens with one attached hydrogen (secondary N) is 1. The lowest BCUT2D eigenvalue weighted by Gasteiger charge is -2.36. The van der Waals surface area contributed by atoms with Crippen molar-refractivity contribution in [1.82, 2.24) is 14.8 Å². The van der Waals surface area contributed by atoms with Crippen molar-refractivity contribution < 1.29 is 14.3 Å². The highest BCUT2D eigenvalue weighted by Gasteiger charge is 2.26. The van der Waals surface area contributed by atoms with Crippen LogP contribution in [0.2, 0.25) is 0 Å². The fourth-order valence-corrected chi connectivity index (χ4v) is 5.97. The summed E-state index contributed by atoms with van der Waals surface area (Å²) < 4.78 is 14.4. The molecule has 1 aliphatic carbocycles. The van der Waals surface area contributed by atoms with Crippen molar-refractivity contribution in [2.45, 2.75) is 30.6 Å². The Labute approximate surface area is 234 Å². The van der Waals surface area contributed by atoms with Crippen LogP contribution in [-0.2, 0) is 4.74 Å². The van der Waals surface area contributed by atoms with Gasteiger partial charge in [-0.1, -0.05) is 37.5 Å². The van der Waals surface area contributed by atoms with Crippen LogP contribution in [-0.4, -0.2) is 67.6 Å². The highest BCUT2D eigenvalue weighted by atomic mass is 32.2. The normalized spacial score (nSPS) is 16.9. The van der Waals surface area contributed by atoms with E-state index in [1.807, 2.05) is 53.4 Å². The van der Waals surface area contributed by atoms with Crippen molar-refractivity contribution in [2.24, 2.45) is 11.7 Å². The molecule has 1 aromatic heterocycles. The van der Waals surface area contributed by atoms with Gasteiger partial charge in [0.15, 0.2) is 5.88 Å². The molecule has 2 aromatic carbocycles. The number of para-hydroxylation sites is 1. The van der Waals surface area contributed by atoms with Gasteiger partial charge in [0, 0.05) is 55.4 Å². The van der Waals surface area contributed by atoms with E-state index in [0.717, 1.165) is 53.5 Å². The minimum absolute atomic E-state index is 0.0204. The fourth-order valence-electron chi connectivity index (χ4n) is 5.17. The molecule has 0 radical (unpaired) electrons. The average Bonchev–Trinajstić information content (AvgIpc) is 2.96. The fraction of sp³-hybridized carbons (Fsp3) is 0.400. The van der Waals surface area contributed by atoms with Crippen molar-refractivity contribution in [1.29, 1.82) is 0 Å². The maximum absolute atomic E-state index is 13.3. The minimum Gasteiger partial charge on any atom is -0.495 e. The van der Waals surface area contributed by atoms with Crippen LogP contribution in [0, 0.1) is 5.92 Å². The van der Waals surface area contributed by atoms with E-state index in [9.17, 15) is 4.79 Å². The Bertz CT molecular complexity index is 1330. The second kappa shape index (κ2) is 12.6. The number of hydrogen-bond acceptors (Lipinski definition) is 8. The first-order valence-electron chi connectivity index (χ1n) is 13.5. The molecule has 3 N–H and O–H groups in total. The molecule has 206 valence electrons.